The van der Waals surface area contributed by atoms with Crippen LogP contribution >= 0.6 is 0 Å². The highest BCUT2D eigenvalue weighted by molar-refractivity contribution is 5.44. The predicted octanol–water partition coefficient (Wildman–Crippen LogP) is 3.27. The number of alkyl halides is 3. The van der Waals surface area contributed by atoms with Crippen molar-refractivity contribution in [1.29, 1.82) is 0 Å². The van der Waals surface area contributed by atoms with E-state index in [1.54, 1.807) is 18.2 Å². The smallest absolute Gasteiger partial charge is 0.370 e. The summed E-state index contributed by atoms with van der Waals surface area (Å²) in [5, 5.41) is 5.71. The molecule has 6 heteroatoms. The van der Waals surface area contributed by atoms with E-state index in [2.05, 4.69) is 15.6 Å². The van der Waals surface area contributed by atoms with Gasteiger partial charge in [0.05, 0.1) is 6.42 Å². The Balaban J connectivity index is 2.43. The molecule has 0 bridgehead atoms. The van der Waals surface area contributed by atoms with Gasteiger partial charge in [-0.2, -0.15) is 13.2 Å². The van der Waals surface area contributed by atoms with E-state index < -0.39 is 12.6 Å². The number of rotatable bonds is 6. The van der Waals surface area contributed by atoms with Crippen molar-refractivity contribution in [3.63, 3.8) is 0 Å². The van der Waals surface area contributed by atoms with Crippen LogP contribution in [-0.4, -0.2) is 24.2 Å². The van der Waals surface area contributed by atoms with E-state index in [0.29, 0.717) is 11.6 Å². The van der Waals surface area contributed by atoms with Crippen molar-refractivity contribution in [1.82, 2.24) is 4.98 Å². The van der Waals surface area contributed by atoms with Crippen molar-refractivity contribution in [2.24, 2.45) is 0 Å². The predicted molar refractivity (Wildman–Crippen MR) is 62.2 cm³/mol. The number of hydrogen-bond acceptors (Lipinski definition) is 3. The SMILES string of the molecule is CCCNc1cccc(NCCC(F)(F)F)n1. The molecule has 17 heavy (non-hydrogen) atoms. The molecule has 0 amide bonds. The molecular formula is C11H16F3N3. The molecule has 0 fully saturated rings. The molecule has 0 saturated heterocycles. The molecule has 0 aromatic carbocycles. The largest absolute Gasteiger partial charge is 0.390 e. The standard InChI is InChI=1S/C11H16F3N3/c1-2-7-15-9-4-3-5-10(17-9)16-8-6-11(12,13)14/h3-5H,2,6-8H2,1H3,(H2,15,16,17). The Morgan fingerprint density at radius 1 is 1.12 bits per heavy atom. The summed E-state index contributed by atoms with van der Waals surface area (Å²) in [4.78, 5) is 4.14. The summed E-state index contributed by atoms with van der Waals surface area (Å²) in [5.41, 5.74) is 0. The lowest BCUT2D eigenvalue weighted by Crippen LogP contribution is -2.15. The second kappa shape index (κ2) is 6.32. The number of nitrogens with one attached hydrogen (secondary N) is 2. The summed E-state index contributed by atoms with van der Waals surface area (Å²) in [6.07, 6.45) is -4.03. The van der Waals surface area contributed by atoms with Crippen LogP contribution in [0.5, 0.6) is 0 Å². The molecular weight excluding hydrogens is 231 g/mol. The molecule has 3 nitrogen and oxygen atoms in total. The molecule has 1 aromatic rings. The van der Waals surface area contributed by atoms with Crippen LogP contribution in [0.3, 0.4) is 0 Å². The summed E-state index contributed by atoms with van der Waals surface area (Å²) >= 11 is 0. The lowest BCUT2D eigenvalue weighted by molar-refractivity contribution is -0.131. The van der Waals surface area contributed by atoms with Gasteiger partial charge in [0.1, 0.15) is 11.6 Å². The summed E-state index contributed by atoms with van der Waals surface area (Å²) < 4.78 is 35.8. The Bertz CT molecular complexity index is 339. The van der Waals surface area contributed by atoms with Gasteiger partial charge in [-0.15, -0.1) is 0 Å². The fourth-order valence-electron chi connectivity index (χ4n) is 1.22. The van der Waals surface area contributed by atoms with Crippen LogP contribution in [0.25, 0.3) is 0 Å². The third-order valence-corrected chi connectivity index (χ3v) is 2.02. The Labute approximate surface area is 98.4 Å². The fourth-order valence-corrected chi connectivity index (χ4v) is 1.22. The molecule has 0 unspecified atom stereocenters. The molecule has 1 heterocycles. The quantitative estimate of drug-likeness (QED) is 0.810. The van der Waals surface area contributed by atoms with Gasteiger partial charge in [0, 0.05) is 13.1 Å². The maximum atomic E-state index is 11.9. The molecule has 1 aromatic heterocycles. The number of anilines is 2. The Morgan fingerprint density at radius 2 is 1.71 bits per heavy atom. The fraction of sp³-hybridized carbons (Fsp3) is 0.545. The molecule has 0 atom stereocenters. The van der Waals surface area contributed by atoms with E-state index in [4.69, 9.17) is 0 Å². The average molecular weight is 247 g/mol. The number of pyridine rings is 1. The first kappa shape index (κ1) is 13.6. The first-order valence-electron chi connectivity index (χ1n) is 5.53. The molecule has 0 spiro atoms. The van der Waals surface area contributed by atoms with Gasteiger partial charge in [-0.05, 0) is 18.6 Å². The van der Waals surface area contributed by atoms with Gasteiger partial charge >= 0.3 is 6.18 Å². The monoisotopic (exact) mass is 247 g/mol. The van der Waals surface area contributed by atoms with E-state index in [9.17, 15) is 13.2 Å². The molecule has 0 aliphatic carbocycles. The second-order valence-corrected chi connectivity index (χ2v) is 3.63. The topological polar surface area (TPSA) is 37.0 Å². The van der Waals surface area contributed by atoms with Gasteiger partial charge in [-0.25, -0.2) is 4.98 Å². The van der Waals surface area contributed by atoms with E-state index >= 15 is 0 Å². The van der Waals surface area contributed by atoms with Gasteiger partial charge in [-0.1, -0.05) is 13.0 Å². The second-order valence-electron chi connectivity index (χ2n) is 3.63. The van der Waals surface area contributed by atoms with E-state index in [1.807, 2.05) is 6.92 Å². The number of hydrogen-bond donors (Lipinski definition) is 2. The molecule has 2 N–H and O–H groups in total. The normalized spacial score (nSPS) is 11.3. The van der Waals surface area contributed by atoms with Crippen molar-refractivity contribution in [2.45, 2.75) is 25.9 Å². The van der Waals surface area contributed by atoms with Gasteiger partial charge < -0.3 is 10.6 Å². The maximum Gasteiger partial charge on any atom is 0.390 e. The van der Waals surface area contributed by atoms with Crippen LogP contribution < -0.4 is 10.6 Å². The Kier molecular flexibility index (Phi) is 5.06. The van der Waals surface area contributed by atoms with Crippen molar-refractivity contribution in [2.75, 3.05) is 23.7 Å². The zero-order valence-corrected chi connectivity index (χ0v) is 9.64. The van der Waals surface area contributed by atoms with Gasteiger partial charge in [0.2, 0.25) is 0 Å². The Hall–Kier alpha value is -1.46. The highest BCUT2D eigenvalue weighted by Crippen LogP contribution is 2.19. The number of aromatic nitrogens is 1. The van der Waals surface area contributed by atoms with Crippen LogP contribution in [-0.2, 0) is 0 Å². The number of halogens is 3. The molecule has 96 valence electrons. The maximum absolute atomic E-state index is 11.9. The van der Waals surface area contributed by atoms with E-state index in [-0.39, 0.29) is 6.54 Å². The van der Waals surface area contributed by atoms with Crippen LogP contribution in [0.1, 0.15) is 19.8 Å². The first-order chi connectivity index (χ1) is 8.01. The Morgan fingerprint density at radius 3 is 2.24 bits per heavy atom. The van der Waals surface area contributed by atoms with Crippen molar-refractivity contribution in [3.8, 4) is 0 Å². The summed E-state index contributed by atoms with van der Waals surface area (Å²) in [5.74, 6) is 1.12. The molecule has 0 aliphatic rings. The van der Waals surface area contributed by atoms with Crippen LogP contribution in [0, 0.1) is 0 Å². The molecule has 0 saturated carbocycles. The molecule has 0 radical (unpaired) electrons. The minimum Gasteiger partial charge on any atom is -0.370 e. The molecule has 1 rings (SSSR count). The summed E-state index contributed by atoms with van der Waals surface area (Å²) in [7, 11) is 0. The van der Waals surface area contributed by atoms with E-state index in [0.717, 1.165) is 13.0 Å². The van der Waals surface area contributed by atoms with Crippen molar-refractivity contribution >= 4 is 11.6 Å². The number of nitrogens with zero attached hydrogens (tertiary/aromatic N) is 1. The summed E-state index contributed by atoms with van der Waals surface area (Å²) in [6, 6.07) is 5.18. The first-order valence-corrected chi connectivity index (χ1v) is 5.53. The lowest BCUT2D eigenvalue weighted by atomic mass is 10.4. The minimum absolute atomic E-state index is 0.159. The zero-order chi connectivity index (χ0) is 12.7. The van der Waals surface area contributed by atoms with Crippen LogP contribution in [0.15, 0.2) is 18.2 Å². The van der Waals surface area contributed by atoms with Gasteiger partial charge in [0.25, 0.3) is 0 Å². The van der Waals surface area contributed by atoms with Crippen molar-refractivity contribution in [3.05, 3.63) is 18.2 Å². The minimum atomic E-state index is -4.13. The van der Waals surface area contributed by atoms with Crippen LogP contribution in [0.2, 0.25) is 0 Å². The lowest BCUT2D eigenvalue weighted by Gasteiger charge is -2.09. The van der Waals surface area contributed by atoms with E-state index in [1.165, 1.54) is 0 Å². The average Bonchev–Trinajstić information content (AvgIpc) is 2.25. The van der Waals surface area contributed by atoms with Crippen molar-refractivity contribution < 1.29 is 13.2 Å². The van der Waals surface area contributed by atoms with Gasteiger partial charge in [-0.3, -0.25) is 0 Å². The highest BCUT2D eigenvalue weighted by atomic mass is 19.4. The third kappa shape index (κ3) is 5.99. The zero-order valence-electron chi connectivity index (χ0n) is 9.64. The highest BCUT2D eigenvalue weighted by Gasteiger charge is 2.26. The molecule has 0 aliphatic heterocycles. The van der Waals surface area contributed by atoms with Gasteiger partial charge in [0.15, 0.2) is 0 Å². The third-order valence-electron chi connectivity index (χ3n) is 2.02. The van der Waals surface area contributed by atoms with Crippen LogP contribution in [0.4, 0.5) is 24.8 Å². The summed E-state index contributed by atoms with van der Waals surface area (Å²) in [6.45, 7) is 2.66.